The Morgan fingerprint density at radius 2 is 1.70 bits per heavy atom. The maximum atomic E-state index is 13.2. The van der Waals surface area contributed by atoms with Crippen molar-refractivity contribution in [3.05, 3.63) is 60.4 Å². The number of carbonyl (C=O) groups is 1. The van der Waals surface area contributed by atoms with Gasteiger partial charge in [0.05, 0.1) is 11.5 Å². The summed E-state index contributed by atoms with van der Waals surface area (Å²) in [6.07, 6.45) is 0.731. The summed E-state index contributed by atoms with van der Waals surface area (Å²) < 4.78 is 52.2. The average molecular weight is 434 g/mol. The molecule has 2 aliphatic rings. The topological polar surface area (TPSA) is 76.2 Å². The number of piperidine rings is 1. The van der Waals surface area contributed by atoms with Gasteiger partial charge in [0.15, 0.2) is 6.61 Å². The van der Waals surface area contributed by atoms with Crippen LogP contribution < -0.4 is 4.74 Å². The van der Waals surface area contributed by atoms with Gasteiger partial charge in [0.25, 0.3) is 5.91 Å². The van der Waals surface area contributed by atoms with Crippen LogP contribution in [0.5, 0.6) is 5.75 Å². The zero-order valence-corrected chi connectivity index (χ0v) is 17.2. The highest BCUT2D eigenvalue weighted by molar-refractivity contribution is 7.89. The Labute approximate surface area is 175 Å². The maximum absolute atomic E-state index is 13.2. The van der Waals surface area contributed by atoms with Crippen LogP contribution in [0, 0.1) is 5.82 Å². The standard InChI is InChI=1S/C21H23FN2O5S/c22-17-6-8-19(9-7-17)30(26,27)24-14-15-29-21(24)10-12-23(13-11-21)20(25)16-28-18-4-2-1-3-5-18/h1-9H,10-16H2. The molecular weight excluding hydrogens is 411 g/mol. The Kier molecular flexibility index (Phi) is 5.77. The number of para-hydroxylation sites is 1. The molecule has 0 saturated carbocycles. The van der Waals surface area contributed by atoms with Crippen LogP contribution in [0.2, 0.25) is 0 Å². The number of carbonyl (C=O) groups excluding carboxylic acids is 1. The van der Waals surface area contributed by atoms with E-state index in [0.717, 1.165) is 12.1 Å². The molecule has 0 aromatic heterocycles. The van der Waals surface area contributed by atoms with Crippen molar-refractivity contribution in [3.63, 3.8) is 0 Å². The molecule has 2 saturated heterocycles. The lowest BCUT2D eigenvalue weighted by atomic mass is 10.0. The smallest absolute Gasteiger partial charge is 0.260 e. The predicted octanol–water partition coefficient (Wildman–Crippen LogP) is 2.24. The number of hydrogen-bond donors (Lipinski definition) is 0. The summed E-state index contributed by atoms with van der Waals surface area (Å²) in [5.41, 5.74) is -0.982. The summed E-state index contributed by atoms with van der Waals surface area (Å²) in [5, 5.41) is 0. The minimum absolute atomic E-state index is 0.0311. The highest BCUT2D eigenvalue weighted by Gasteiger charge is 2.50. The van der Waals surface area contributed by atoms with Gasteiger partial charge in [0, 0.05) is 32.5 Å². The third-order valence-electron chi connectivity index (χ3n) is 5.52. The fourth-order valence-corrected chi connectivity index (χ4v) is 5.64. The fourth-order valence-electron chi connectivity index (χ4n) is 3.92. The van der Waals surface area contributed by atoms with Crippen LogP contribution in [-0.2, 0) is 19.6 Å². The first kappa shape index (κ1) is 20.8. The number of rotatable bonds is 5. The molecule has 7 nitrogen and oxygen atoms in total. The van der Waals surface area contributed by atoms with E-state index in [1.54, 1.807) is 17.0 Å². The zero-order valence-electron chi connectivity index (χ0n) is 16.4. The summed E-state index contributed by atoms with van der Waals surface area (Å²) >= 11 is 0. The van der Waals surface area contributed by atoms with Gasteiger partial charge in [-0.05, 0) is 36.4 Å². The van der Waals surface area contributed by atoms with E-state index in [1.165, 1.54) is 16.4 Å². The van der Waals surface area contributed by atoms with Crippen LogP contribution in [0.1, 0.15) is 12.8 Å². The van der Waals surface area contributed by atoms with Crippen molar-refractivity contribution >= 4 is 15.9 Å². The van der Waals surface area contributed by atoms with Crippen LogP contribution in [0.3, 0.4) is 0 Å². The molecule has 0 unspecified atom stereocenters. The Hall–Kier alpha value is -2.49. The highest BCUT2D eigenvalue weighted by atomic mass is 32.2. The molecule has 0 N–H and O–H groups in total. The second-order valence-electron chi connectivity index (χ2n) is 7.31. The van der Waals surface area contributed by atoms with Gasteiger partial charge in [-0.15, -0.1) is 0 Å². The van der Waals surface area contributed by atoms with Crippen LogP contribution in [0.25, 0.3) is 0 Å². The van der Waals surface area contributed by atoms with E-state index in [0.29, 0.717) is 31.7 Å². The molecule has 9 heteroatoms. The van der Waals surface area contributed by atoms with Crippen LogP contribution >= 0.6 is 0 Å². The SMILES string of the molecule is O=C(COc1ccccc1)N1CCC2(CC1)OCCN2S(=O)(=O)c1ccc(F)cc1. The van der Waals surface area contributed by atoms with Gasteiger partial charge >= 0.3 is 0 Å². The molecule has 0 bridgehead atoms. The minimum atomic E-state index is -3.83. The van der Waals surface area contributed by atoms with Gasteiger partial charge in [0.1, 0.15) is 17.3 Å². The molecule has 4 rings (SSSR count). The van der Waals surface area contributed by atoms with Crippen molar-refractivity contribution in [1.29, 1.82) is 0 Å². The minimum Gasteiger partial charge on any atom is -0.484 e. The van der Waals surface area contributed by atoms with Crippen molar-refractivity contribution in [2.75, 3.05) is 32.8 Å². The summed E-state index contributed by atoms with van der Waals surface area (Å²) in [6.45, 7) is 1.17. The zero-order chi connectivity index (χ0) is 21.2. The number of ether oxygens (including phenoxy) is 2. The molecule has 1 amide bonds. The number of sulfonamides is 1. The Bertz CT molecular complexity index is 990. The molecule has 0 aliphatic carbocycles. The molecule has 0 atom stereocenters. The fraction of sp³-hybridized carbons (Fsp3) is 0.381. The molecule has 2 aromatic rings. The average Bonchev–Trinajstić information content (AvgIpc) is 3.17. The maximum Gasteiger partial charge on any atom is 0.260 e. The predicted molar refractivity (Wildman–Crippen MR) is 107 cm³/mol. The van der Waals surface area contributed by atoms with E-state index < -0.39 is 21.6 Å². The number of halogens is 1. The number of hydrogen-bond acceptors (Lipinski definition) is 5. The summed E-state index contributed by atoms with van der Waals surface area (Å²) in [6, 6.07) is 13.9. The van der Waals surface area contributed by atoms with Crippen molar-refractivity contribution in [1.82, 2.24) is 9.21 Å². The van der Waals surface area contributed by atoms with Crippen LogP contribution in [-0.4, -0.2) is 62.1 Å². The first-order valence-corrected chi connectivity index (χ1v) is 11.2. The molecular formula is C21H23FN2O5S. The van der Waals surface area contributed by atoms with E-state index in [2.05, 4.69) is 0 Å². The molecule has 1 spiro atoms. The summed E-state index contributed by atoms with van der Waals surface area (Å²) in [5.74, 6) is -0.0273. The summed E-state index contributed by atoms with van der Waals surface area (Å²) in [7, 11) is -3.83. The van der Waals surface area contributed by atoms with Gasteiger partial charge in [0.2, 0.25) is 10.0 Å². The largest absolute Gasteiger partial charge is 0.484 e. The van der Waals surface area contributed by atoms with E-state index in [-0.39, 0.29) is 30.6 Å². The lowest BCUT2D eigenvalue weighted by Gasteiger charge is -2.42. The quantitative estimate of drug-likeness (QED) is 0.722. The second-order valence-corrected chi connectivity index (χ2v) is 9.17. The van der Waals surface area contributed by atoms with Crippen molar-refractivity contribution in [3.8, 4) is 5.75 Å². The molecule has 160 valence electrons. The van der Waals surface area contributed by atoms with Gasteiger partial charge < -0.3 is 14.4 Å². The van der Waals surface area contributed by atoms with E-state index in [4.69, 9.17) is 9.47 Å². The van der Waals surface area contributed by atoms with E-state index in [9.17, 15) is 17.6 Å². The van der Waals surface area contributed by atoms with E-state index in [1.807, 2.05) is 18.2 Å². The Morgan fingerprint density at radius 1 is 1.03 bits per heavy atom. The van der Waals surface area contributed by atoms with Crippen molar-refractivity contribution in [2.24, 2.45) is 0 Å². The first-order chi connectivity index (χ1) is 14.4. The lowest BCUT2D eigenvalue weighted by Crippen LogP contribution is -2.56. The molecule has 2 aromatic carbocycles. The van der Waals surface area contributed by atoms with Crippen LogP contribution in [0.4, 0.5) is 4.39 Å². The van der Waals surface area contributed by atoms with Crippen LogP contribution in [0.15, 0.2) is 59.5 Å². The van der Waals surface area contributed by atoms with Crippen molar-refractivity contribution < 1.29 is 27.1 Å². The molecule has 2 fully saturated rings. The van der Waals surface area contributed by atoms with Gasteiger partial charge in [-0.1, -0.05) is 18.2 Å². The van der Waals surface area contributed by atoms with Gasteiger partial charge in [-0.2, -0.15) is 4.31 Å². The third kappa shape index (κ3) is 4.05. The number of benzene rings is 2. The molecule has 2 heterocycles. The third-order valence-corrected chi connectivity index (χ3v) is 7.49. The van der Waals surface area contributed by atoms with Gasteiger partial charge in [-0.3, -0.25) is 4.79 Å². The normalized spacial score (nSPS) is 19.2. The Balaban J connectivity index is 1.41. The Morgan fingerprint density at radius 3 is 2.37 bits per heavy atom. The first-order valence-electron chi connectivity index (χ1n) is 9.79. The molecule has 30 heavy (non-hydrogen) atoms. The van der Waals surface area contributed by atoms with E-state index >= 15 is 0 Å². The van der Waals surface area contributed by atoms with Gasteiger partial charge in [-0.25, -0.2) is 12.8 Å². The second kappa shape index (κ2) is 8.33. The highest BCUT2D eigenvalue weighted by Crippen LogP contribution is 2.38. The monoisotopic (exact) mass is 434 g/mol. The number of amides is 1. The number of nitrogens with zero attached hydrogens (tertiary/aromatic N) is 2. The molecule has 0 radical (unpaired) electrons. The summed E-state index contributed by atoms with van der Waals surface area (Å²) in [4.78, 5) is 14.2. The lowest BCUT2D eigenvalue weighted by molar-refractivity contribution is -0.142. The van der Waals surface area contributed by atoms with Crippen molar-refractivity contribution in [2.45, 2.75) is 23.5 Å². The molecule has 2 aliphatic heterocycles. The number of likely N-dealkylation sites (tertiary alicyclic amines) is 1.